The number of nitrogens with two attached hydrogens (primary N) is 1. The van der Waals surface area contributed by atoms with Crippen molar-refractivity contribution in [3.05, 3.63) is 51.7 Å². The maximum atomic E-state index is 12.6. The molecule has 1 unspecified atom stereocenters. The summed E-state index contributed by atoms with van der Waals surface area (Å²) in [5.41, 5.74) is 7.02. The van der Waals surface area contributed by atoms with E-state index in [0.29, 0.717) is 17.9 Å². The Labute approximate surface area is 144 Å². The van der Waals surface area contributed by atoms with Crippen LogP contribution >= 0.6 is 0 Å². The fourth-order valence-corrected chi connectivity index (χ4v) is 3.15. The second kappa shape index (κ2) is 5.80. The van der Waals surface area contributed by atoms with E-state index in [1.165, 1.54) is 23.7 Å². The molecule has 2 heterocycles. The molecule has 1 aliphatic rings. The first-order valence-electron chi connectivity index (χ1n) is 7.87. The number of nitro groups is 1. The Morgan fingerprint density at radius 2 is 2.12 bits per heavy atom. The third-order valence-corrected chi connectivity index (χ3v) is 4.31. The molecule has 1 aromatic heterocycles. The van der Waals surface area contributed by atoms with E-state index in [2.05, 4.69) is 5.32 Å². The van der Waals surface area contributed by atoms with Crippen LogP contribution in [-0.4, -0.2) is 21.0 Å². The van der Waals surface area contributed by atoms with E-state index in [4.69, 9.17) is 10.5 Å². The van der Waals surface area contributed by atoms with Crippen molar-refractivity contribution in [2.24, 2.45) is 7.05 Å². The first-order valence-corrected chi connectivity index (χ1v) is 7.87. The summed E-state index contributed by atoms with van der Waals surface area (Å²) in [6.45, 7) is 3.89. The number of nitrogens with zero attached hydrogens (tertiary/aromatic N) is 2. The number of hydrogen-bond donors (Lipinski definition) is 2. The lowest BCUT2D eigenvalue weighted by molar-refractivity contribution is -0.391. The minimum atomic E-state index is -0.523. The lowest BCUT2D eigenvalue weighted by Gasteiger charge is -2.37. The molecule has 132 valence electrons. The molecule has 8 heteroatoms. The van der Waals surface area contributed by atoms with Crippen molar-refractivity contribution >= 4 is 17.4 Å². The molecule has 8 nitrogen and oxygen atoms in total. The van der Waals surface area contributed by atoms with Gasteiger partial charge < -0.3 is 25.9 Å². The van der Waals surface area contributed by atoms with Gasteiger partial charge in [0.25, 0.3) is 5.91 Å². The number of amides is 1. The fraction of sp³-hybridized carbons (Fsp3) is 0.353. The van der Waals surface area contributed by atoms with Gasteiger partial charge in [0, 0.05) is 23.7 Å². The highest BCUT2D eigenvalue weighted by Gasteiger charge is 2.35. The van der Waals surface area contributed by atoms with Crippen molar-refractivity contribution in [1.82, 2.24) is 9.88 Å². The van der Waals surface area contributed by atoms with E-state index in [9.17, 15) is 14.9 Å². The molecule has 0 saturated heterocycles. The van der Waals surface area contributed by atoms with Gasteiger partial charge in [-0.1, -0.05) is 0 Å². The Balaban J connectivity index is 1.91. The van der Waals surface area contributed by atoms with Crippen LogP contribution < -0.4 is 15.8 Å². The SMILES string of the molecule is Cn1c(C(=O)NC2CC(C)(C)Oc3ccc(N)cc32)ccc1[N+](=O)[O-]. The first-order chi connectivity index (χ1) is 11.7. The van der Waals surface area contributed by atoms with Gasteiger partial charge in [-0.15, -0.1) is 0 Å². The molecular weight excluding hydrogens is 324 g/mol. The molecule has 1 aromatic carbocycles. The predicted molar refractivity (Wildman–Crippen MR) is 92.5 cm³/mol. The highest BCUT2D eigenvalue weighted by atomic mass is 16.6. The average Bonchev–Trinajstić information content (AvgIpc) is 2.89. The zero-order valence-electron chi connectivity index (χ0n) is 14.3. The average molecular weight is 344 g/mol. The van der Waals surface area contributed by atoms with E-state index >= 15 is 0 Å². The van der Waals surface area contributed by atoms with Crippen molar-refractivity contribution in [3.63, 3.8) is 0 Å². The number of rotatable bonds is 3. The van der Waals surface area contributed by atoms with E-state index < -0.39 is 10.5 Å². The van der Waals surface area contributed by atoms with Crippen molar-refractivity contribution in [3.8, 4) is 5.75 Å². The van der Waals surface area contributed by atoms with E-state index in [1.54, 1.807) is 18.2 Å². The van der Waals surface area contributed by atoms with Crippen LogP contribution in [0.2, 0.25) is 0 Å². The van der Waals surface area contributed by atoms with E-state index in [0.717, 1.165) is 5.56 Å². The topological polar surface area (TPSA) is 112 Å². The van der Waals surface area contributed by atoms with Crippen LogP contribution in [0.25, 0.3) is 0 Å². The van der Waals surface area contributed by atoms with Gasteiger partial charge in [0.2, 0.25) is 0 Å². The first kappa shape index (κ1) is 16.8. The fourth-order valence-electron chi connectivity index (χ4n) is 3.15. The minimum absolute atomic E-state index is 0.137. The number of benzene rings is 1. The van der Waals surface area contributed by atoms with Gasteiger partial charge in [-0.05, 0) is 43.0 Å². The number of nitrogens with one attached hydrogen (secondary N) is 1. The number of anilines is 1. The summed E-state index contributed by atoms with van der Waals surface area (Å²) < 4.78 is 7.21. The molecule has 1 atom stereocenters. The molecule has 3 rings (SSSR count). The number of fused-ring (bicyclic) bond motifs is 1. The Kier molecular flexibility index (Phi) is 3.90. The van der Waals surface area contributed by atoms with Gasteiger partial charge in [-0.2, -0.15) is 0 Å². The van der Waals surface area contributed by atoms with Gasteiger partial charge in [0.15, 0.2) is 5.69 Å². The summed E-state index contributed by atoms with van der Waals surface area (Å²) in [4.78, 5) is 23.1. The van der Waals surface area contributed by atoms with Gasteiger partial charge in [-0.25, -0.2) is 4.57 Å². The quantitative estimate of drug-likeness (QED) is 0.505. The molecular formula is C17H20N4O4. The van der Waals surface area contributed by atoms with Crippen molar-refractivity contribution in [2.75, 3.05) is 5.73 Å². The number of carbonyl (C=O) groups excluding carboxylic acids is 1. The van der Waals surface area contributed by atoms with Crippen LogP contribution in [0, 0.1) is 10.1 Å². The zero-order chi connectivity index (χ0) is 18.4. The summed E-state index contributed by atoms with van der Waals surface area (Å²) in [5.74, 6) is 0.155. The molecule has 25 heavy (non-hydrogen) atoms. The second-order valence-electron chi connectivity index (χ2n) is 6.78. The molecule has 1 amide bonds. The number of aromatic nitrogens is 1. The van der Waals surface area contributed by atoms with Gasteiger partial charge >= 0.3 is 5.82 Å². The Morgan fingerprint density at radius 3 is 2.76 bits per heavy atom. The summed E-state index contributed by atoms with van der Waals surface area (Å²) in [5, 5.41) is 13.9. The summed E-state index contributed by atoms with van der Waals surface area (Å²) in [6.07, 6.45) is 0.557. The minimum Gasteiger partial charge on any atom is -0.487 e. The monoisotopic (exact) mass is 344 g/mol. The lowest BCUT2D eigenvalue weighted by Crippen LogP contribution is -2.41. The molecule has 3 N–H and O–H groups in total. The van der Waals surface area contributed by atoms with Crippen LogP contribution in [0.4, 0.5) is 11.5 Å². The summed E-state index contributed by atoms with van der Waals surface area (Å²) in [7, 11) is 1.49. The standard InChI is InChI=1S/C17H20N4O4/c1-17(2)9-12(11-8-10(18)4-6-14(11)25-17)19-16(22)13-5-7-15(20(13)3)21(23)24/h4-8,12H,9,18H2,1-3H3,(H,19,22). The normalized spacial score (nSPS) is 18.1. The molecule has 0 bridgehead atoms. The maximum Gasteiger partial charge on any atom is 0.323 e. The Morgan fingerprint density at radius 1 is 1.40 bits per heavy atom. The van der Waals surface area contributed by atoms with Crippen LogP contribution in [0.5, 0.6) is 5.75 Å². The number of hydrogen-bond acceptors (Lipinski definition) is 5. The van der Waals surface area contributed by atoms with Gasteiger partial charge in [0.1, 0.15) is 11.4 Å². The molecule has 0 spiro atoms. The number of carbonyl (C=O) groups is 1. The zero-order valence-corrected chi connectivity index (χ0v) is 14.3. The molecule has 2 aromatic rings. The molecule has 0 aliphatic carbocycles. The lowest BCUT2D eigenvalue weighted by atomic mass is 9.89. The van der Waals surface area contributed by atoms with Gasteiger partial charge in [-0.3, -0.25) is 4.79 Å². The molecule has 0 radical (unpaired) electrons. The second-order valence-corrected chi connectivity index (χ2v) is 6.78. The number of ether oxygens (including phenoxy) is 1. The molecule has 1 aliphatic heterocycles. The molecule has 0 fully saturated rings. The van der Waals surface area contributed by atoms with E-state index in [-0.39, 0.29) is 23.5 Å². The van der Waals surface area contributed by atoms with Crippen molar-refractivity contribution < 1.29 is 14.5 Å². The van der Waals surface area contributed by atoms with E-state index in [1.807, 2.05) is 13.8 Å². The van der Waals surface area contributed by atoms with Crippen molar-refractivity contribution in [2.45, 2.75) is 31.9 Å². The van der Waals surface area contributed by atoms with Gasteiger partial charge in [0.05, 0.1) is 13.1 Å². The van der Waals surface area contributed by atoms with Crippen LogP contribution in [-0.2, 0) is 7.05 Å². The van der Waals surface area contributed by atoms with Crippen LogP contribution in [0.15, 0.2) is 30.3 Å². The highest BCUT2D eigenvalue weighted by Crippen LogP contribution is 2.40. The van der Waals surface area contributed by atoms with Crippen LogP contribution in [0.1, 0.15) is 42.4 Å². The number of nitrogen functional groups attached to an aromatic ring is 1. The van der Waals surface area contributed by atoms with Crippen LogP contribution in [0.3, 0.4) is 0 Å². The summed E-state index contributed by atoms with van der Waals surface area (Å²) in [6, 6.07) is 7.77. The molecule has 0 saturated carbocycles. The van der Waals surface area contributed by atoms with Crippen molar-refractivity contribution in [1.29, 1.82) is 0 Å². The maximum absolute atomic E-state index is 12.6. The third-order valence-electron chi connectivity index (χ3n) is 4.31. The predicted octanol–water partition coefficient (Wildman–Crippen LogP) is 2.55. The Hall–Kier alpha value is -3.03. The highest BCUT2D eigenvalue weighted by molar-refractivity contribution is 5.93. The summed E-state index contributed by atoms with van der Waals surface area (Å²) >= 11 is 0. The smallest absolute Gasteiger partial charge is 0.323 e. The third kappa shape index (κ3) is 3.15. The Bertz CT molecular complexity index is 856. The largest absolute Gasteiger partial charge is 0.487 e.